The Kier molecular flexibility index (Phi) is 4.31. The minimum atomic E-state index is -0.563. The van der Waals surface area contributed by atoms with Gasteiger partial charge in [0.05, 0.1) is 6.07 Å². The first-order valence-corrected chi connectivity index (χ1v) is 7.53. The maximum absolute atomic E-state index is 9.17. The number of rotatable bonds is 4. The molecule has 1 aromatic rings. The van der Waals surface area contributed by atoms with Gasteiger partial charge >= 0.3 is 0 Å². The number of aryl methyl sites for hydroxylation is 1. The SMILES string of the molecule is Cc1ccccc1SCCC1CCCC1(N)C#N. The summed E-state index contributed by atoms with van der Waals surface area (Å²) in [4.78, 5) is 1.34. The van der Waals surface area contributed by atoms with Gasteiger partial charge in [-0.2, -0.15) is 5.26 Å². The van der Waals surface area contributed by atoms with Gasteiger partial charge in [0.25, 0.3) is 0 Å². The summed E-state index contributed by atoms with van der Waals surface area (Å²) in [6.07, 6.45) is 4.12. The van der Waals surface area contributed by atoms with E-state index in [0.717, 1.165) is 31.4 Å². The Labute approximate surface area is 114 Å². The van der Waals surface area contributed by atoms with Gasteiger partial charge in [0.1, 0.15) is 5.54 Å². The van der Waals surface area contributed by atoms with Gasteiger partial charge in [0.2, 0.25) is 0 Å². The molecule has 96 valence electrons. The smallest absolute Gasteiger partial charge is 0.107 e. The van der Waals surface area contributed by atoms with E-state index in [-0.39, 0.29) is 0 Å². The van der Waals surface area contributed by atoms with Gasteiger partial charge in [-0.3, -0.25) is 0 Å². The van der Waals surface area contributed by atoms with Crippen LogP contribution < -0.4 is 5.73 Å². The molecule has 2 rings (SSSR count). The predicted octanol–water partition coefficient (Wildman–Crippen LogP) is 3.50. The zero-order valence-corrected chi connectivity index (χ0v) is 11.7. The summed E-state index contributed by atoms with van der Waals surface area (Å²) in [5.41, 5.74) is 6.91. The Hall–Kier alpha value is -0.980. The Morgan fingerprint density at radius 1 is 1.50 bits per heavy atom. The van der Waals surface area contributed by atoms with E-state index in [9.17, 15) is 5.26 Å². The van der Waals surface area contributed by atoms with Crippen LogP contribution in [0.4, 0.5) is 0 Å². The minimum Gasteiger partial charge on any atom is -0.313 e. The van der Waals surface area contributed by atoms with Crippen molar-refractivity contribution in [3.8, 4) is 6.07 Å². The van der Waals surface area contributed by atoms with E-state index in [1.165, 1.54) is 10.5 Å². The highest BCUT2D eigenvalue weighted by Gasteiger charge is 2.39. The largest absolute Gasteiger partial charge is 0.313 e. The maximum atomic E-state index is 9.17. The summed E-state index contributed by atoms with van der Waals surface area (Å²) in [6.45, 7) is 2.14. The fraction of sp³-hybridized carbons (Fsp3) is 0.533. The molecule has 1 aliphatic carbocycles. The molecule has 1 aromatic carbocycles. The van der Waals surface area contributed by atoms with E-state index < -0.39 is 5.54 Å². The molecule has 0 heterocycles. The first kappa shape index (κ1) is 13.5. The van der Waals surface area contributed by atoms with Crippen LogP contribution in [0.15, 0.2) is 29.2 Å². The van der Waals surface area contributed by atoms with E-state index in [1.807, 2.05) is 11.8 Å². The van der Waals surface area contributed by atoms with Crippen molar-refractivity contribution in [3.05, 3.63) is 29.8 Å². The second kappa shape index (κ2) is 5.77. The summed E-state index contributed by atoms with van der Waals surface area (Å²) in [5, 5.41) is 9.17. The average molecular weight is 260 g/mol. The third-order valence-electron chi connectivity index (χ3n) is 3.90. The van der Waals surface area contributed by atoms with Crippen molar-refractivity contribution in [1.29, 1.82) is 5.26 Å². The van der Waals surface area contributed by atoms with Crippen molar-refractivity contribution in [2.75, 3.05) is 5.75 Å². The second-order valence-corrected chi connectivity index (χ2v) is 6.28. The van der Waals surface area contributed by atoms with E-state index in [4.69, 9.17) is 5.73 Å². The lowest BCUT2D eigenvalue weighted by Gasteiger charge is -2.23. The zero-order chi connectivity index (χ0) is 13.0. The van der Waals surface area contributed by atoms with Crippen molar-refractivity contribution in [2.45, 2.75) is 43.0 Å². The quantitative estimate of drug-likeness (QED) is 0.843. The monoisotopic (exact) mass is 260 g/mol. The van der Waals surface area contributed by atoms with Crippen LogP contribution in [0.3, 0.4) is 0 Å². The molecule has 2 N–H and O–H groups in total. The highest BCUT2D eigenvalue weighted by atomic mass is 32.2. The summed E-state index contributed by atoms with van der Waals surface area (Å²) in [7, 11) is 0. The third-order valence-corrected chi connectivity index (χ3v) is 5.11. The molecule has 1 saturated carbocycles. The van der Waals surface area contributed by atoms with Gasteiger partial charge in [-0.1, -0.05) is 24.6 Å². The van der Waals surface area contributed by atoms with E-state index in [1.54, 1.807) is 0 Å². The lowest BCUT2D eigenvalue weighted by atomic mass is 9.88. The van der Waals surface area contributed by atoms with E-state index in [0.29, 0.717) is 5.92 Å². The first-order chi connectivity index (χ1) is 8.65. The van der Waals surface area contributed by atoms with Crippen LogP contribution in [0.2, 0.25) is 0 Å². The summed E-state index contributed by atoms with van der Waals surface area (Å²) >= 11 is 1.88. The molecule has 2 nitrogen and oxygen atoms in total. The van der Waals surface area contributed by atoms with E-state index >= 15 is 0 Å². The molecular weight excluding hydrogens is 240 g/mol. The number of nitrogens with zero attached hydrogens (tertiary/aromatic N) is 1. The number of hydrogen-bond acceptors (Lipinski definition) is 3. The number of nitriles is 1. The summed E-state index contributed by atoms with van der Waals surface area (Å²) in [5.74, 6) is 1.43. The number of hydrogen-bond donors (Lipinski definition) is 1. The van der Waals surface area contributed by atoms with Crippen LogP contribution in [-0.4, -0.2) is 11.3 Å². The lowest BCUT2D eigenvalue weighted by molar-refractivity contribution is 0.389. The van der Waals surface area contributed by atoms with Crippen LogP contribution >= 0.6 is 11.8 Å². The summed E-state index contributed by atoms with van der Waals surface area (Å²) in [6, 6.07) is 10.8. The standard InChI is InChI=1S/C15H20N2S/c1-12-5-2-3-7-14(12)18-10-8-13-6-4-9-15(13,17)11-16/h2-3,5,7,13H,4,6,8-10,17H2,1H3. The fourth-order valence-corrected chi connectivity index (χ4v) is 3.77. The molecule has 0 amide bonds. The molecule has 0 aliphatic heterocycles. The highest BCUT2D eigenvalue weighted by molar-refractivity contribution is 7.99. The zero-order valence-electron chi connectivity index (χ0n) is 10.9. The van der Waals surface area contributed by atoms with Crippen LogP contribution in [-0.2, 0) is 0 Å². The van der Waals surface area contributed by atoms with Crippen molar-refractivity contribution < 1.29 is 0 Å². The molecule has 18 heavy (non-hydrogen) atoms. The summed E-state index contributed by atoms with van der Waals surface area (Å²) < 4.78 is 0. The van der Waals surface area contributed by atoms with Crippen molar-refractivity contribution in [2.24, 2.45) is 11.7 Å². The van der Waals surface area contributed by atoms with Gasteiger partial charge in [0, 0.05) is 4.90 Å². The fourth-order valence-electron chi connectivity index (χ4n) is 2.68. The van der Waals surface area contributed by atoms with E-state index in [2.05, 4.69) is 37.3 Å². The Morgan fingerprint density at radius 3 is 3.00 bits per heavy atom. The third kappa shape index (κ3) is 2.88. The van der Waals surface area contributed by atoms with Crippen molar-refractivity contribution >= 4 is 11.8 Å². The van der Waals surface area contributed by atoms with Gasteiger partial charge in [0.15, 0.2) is 0 Å². The van der Waals surface area contributed by atoms with Gasteiger partial charge in [-0.15, -0.1) is 11.8 Å². The Morgan fingerprint density at radius 2 is 2.28 bits per heavy atom. The second-order valence-electron chi connectivity index (χ2n) is 5.14. The van der Waals surface area contributed by atoms with Gasteiger partial charge in [-0.05, 0) is 49.5 Å². The topological polar surface area (TPSA) is 49.8 Å². The maximum Gasteiger partial charge on any atom is 0.107 e. The van der Waals surface area contributed by atoms with Crippen LogP contribution in [0.1, 0.15) is 31.2 Å². The van der Waals surface area contributed by atoms with Gasteiger partial charge < -0.3 is 5.73 Å². The van der Waals surface area contributed by atoms with Crippen LogP contribution in [0.25, 0.3) is 0 Å². The molecule has 0 saturated heterocycles. The predicted molar refractivity (Wildman–Crippen MR) is 76.4 cm³/mol. The molecule has 2 atom stereocenters. The van der Waals surface area contributed by atoms with Crippen LogP contribution in [0, 0.1) is 24.2 Å². The average Bonchev–Trinajstić information content (AvgIpc) is 2.74. The normalized spacial score (nSPS) is 27.1. The molecule has 3 heteroatoms. The van der Waals surface area contributed by atoms with Crippen LogP contribution in [0.5, 0.6) is 0 Å². The van der Waals surface area contributed by atoms with Gasteiger partial charge in [-0.25, -0.2) is 0 Å². The Bertz CT molecular complexity index is 452. The molecule has 2 unspecified atom stereocenters. The molecule has 1 aliphatic rings. The Balaban J connectivity index is 1.86. The molecule has 0 aromatic heterocycles. The molecular formula is C15H20N2S. The van der Waals surface area contributed by atoms with Crippen molar-refractivity contribution in [1.82, 2.24) is 0 Å². The highest BCUT2D eigenvalue weighted by Crippen LogP contribution is 2.37. The van der Waals surface area contributed by atoms with Crippen molar-refractivity contribution in [3.63, 3.8) is 0 Å². The molecule has 0 radical (unpaired) electrons. The molecule has 0 bridgehead atoms. The first-order valence-electron chi connectivity index (χ1n) is 6.54. The lowest BCUT2D eigenvalue weighted by Crippen LogP contribution is -2.41. The molecule has 0 spiro atoms. The number of benzene rings is 1. The number of thioether (sulfide) groups is 1. The molecule has 1 fully saturated rings. The minimum absolute atomic E-state index is 0.374. The number of nitrogens with two attached hydrogens (primary N) is 1.